The van der Waals surface area contributed by atoms with Crippen LogP contribution in [0.4, 0.5) is 0 Å². The van der Waals surface area contributed by atoms with Crippen LogP contribution < -0.4 is 5.32 Å². The minimum Gasteiger partial charge on any atom is -0.314 e. The summed E-state index contributed by atoms with van der Waals surface area (Å²) in [6.45, 7) is 8.15. The van der Waals surface area contributed by atoms with Gasteiger partial charge in [0.25, 0.3) is 0 Å². The van der Waals surface area contributed by atoms with Gasteiger partial charge in [0.1, 0.15) is 0 Å². The molecule has 0 aliphatic carbocycles. The smallest absolute Gasteiger partial charge is 0.0351 e. The maximum atomic E-state index is 5.49. The van der Waals surface area contributed by atoms with Gasteiger partial charge in [-0.2, -0.15) is 0 Å². The molecule has 0 atom stereocenters. The molecule has 2 aliphatic heterocycles. The normalized spacial score (nSPS) is 26.9. The lowest BCUT2D eigenvalue weighted by molar-refractivity contribution is 0.0350. The maximum Gasteiger partial charge on any atom is 0.0351 e. The van der Waals surface area contributed by atoms with E-state index in [1.54, 1.807) is 5.54 Å². The third-order valence-corrected chi connectivity index (χ3v) is 3.24. The van der Waals surface area contributed by atoms with Gasteiger partial charge in [-0.3, -0.25) is 9.80 Å². The zero-order valence-electron chi connectivity index (χ0n) is 8.45. The first kappa shape index (κ1) is 10.4. The van der Waals surface area contributed by atoms with Crippen LogP contribution in [0.25, 0.3) is 0 Å². The standard InChI is InChI=1S/C10H18ClN3/c11-2-1-5-13-8-10(9-13)14-6-3-12-4-7-14/h1-2,10,12H,3-9H2. The van der Waals surface area contributed by atoms with E-state index in [2.05, 4.69) is 15.1 Å². The third-order valence-electron chi connectivity index (χ3n) is 3.06. The van der Waals surface area contributed by atoms with Crippen LogP contribution in [0.3, 0.4) is 0 Å². The Morgan fingerprint density at radius 2 is 2.00 bits per heavy atom. The number of hydrogen-bond acceptors (Lipinski definition) is 3. The quantitative estimate of drug-likeness (QED) is 0.732. The van der Waals surface area contributed by atoms with Gasteiger partial charge in [-0.05, 0) is 0 Å². The first-order valence-electron chi connectivity index (χ1n) is 5.32. The summed E-state index contributed by atoms with van der Waals surface area (Å²) in [4.78, 5) is 5.02. The minimum atomic E-state index is 0.792. The maximum absolute atomic E-state index is 5.49. The number of nitrogens with one attached hydrogen (secondary N) is 1. The summed E-state index contributed by atoms with van der Waals surface area (Å²) in [5.41, 5.74) is 1.61. The van der Waals surface area contributed by atoms with E-state index in [-0.39, 0.29) is 0 Å². The number of halogens is 1. The van der Waals surface area contributed by atoms with Crippen LogP contribution >= 0.6 is 11.6 Å². The Morgan fingerprint density at radius 3 is 2.64 bits per heavy atom. The van der Waals surface area contributed by atoms with Crippen molar-refractivity contribution >= 4 is 11.6 Å². The topological polar surface area (TPSA) is 18.5 Å². The van der Waals surface area contributed by atoms with Crippen molar-refractivity contribution in [3.63, 3.8) is 0 Å². The fraction of sp³-hybridized carbons (Fsp3) is 0.800. The zero-order chi connectivity index (χ0) is 9.80. The fourth-order valence-electron chi connectivity index (χ4n) is 2.16. The van der Waals surface area contributed by atoms with E-state index in [4.69, 9.17) is 11.6 Å². The van der Waals surface area contributed by atoms with Crippen LogP contribution in [0, 0.1) is 0 Å². The Labute approximate surface area is 90.7 Å². The van der Waals surface area contributed by atoms with Crippen LogP contribution in [0.5, 0.6) is 0 Å². The second-order valence-electron chi connectivity index (χ2n) is 4.02. The lowest BCUT2D eigenvalue weighted by atomic mass is 10.1. The van der Waals surface area contributed by atoms with Crippen molar-refractivity contribution in [2.24, 2.45) is 0 Å². The Bertz CT molecular complexity index is 196. The van der Waals surface area contributed by atoms with E-state index < -0.39 is 0 Å². The van der Waals surface area contributed by atoms with Crippen molar-refractivity contribution in [3.05, 3.63) is 11.6 Å². The van der Waals surface area contributed by atoms with Crippen molar-refractivity contribution in [1.82, 2.24) is 15.1 Å². The zero-order valence-corrected chi connectivity index (χ0v) is 9.21. The molecule has 0 spiro atoms. The molecule has 14 heavy (non-hydrogen) atoms. The van der Waals surface area contributed by atoms with Crippen molar-refractivity contribution in [2.45, 2.75) is 6.04 Å². The molecule has 0 radical (unpaired) electrons. The summed E-state index contributed by atoms with van der Waals surface area (Å²) in [7, 11) is 0. The van der Waals surface area contributed by atoms with Gasteiger partial charge in [0, 0.05) is 57.4 Å². The van der Waals surface area contributed by atoms with Gasteiger partial charge in [-0.1, -0.05) is 17.7 Å². The van der Waals surface area contributed by atoms with E-state index in [1.807, 2.05) is 6.08 Å². The molecule has 4 heteroatoms. The lowest BCUT2D eigenvalue weighted by Crippen LogP contribution is -2.62. The van der Waals surface area contributed by atoms with Crippen LogP contribution in [0.1, 0.15) is 0 Å². The van der Waals surface area contributed by atoms with E-state index >= 15 is 0 Å². The number of likely N-dealkylation sites (tertiary alicyclic amines) is 1. The van der Waals surface area contributed by atoms with Gasteiger partial charge in [0.15, 0.2) is 0 Å². The summed E-state index contributed by atoms with van der Waals surface area (Å²) >= 11 is 5.49. The molecule has 2 fully saturated rings. The summed E-state index contributed by atoms with van der Waals surface area (Å²) in [5, 5.41) is 3.38. The van der Waals surface area contributed by atoms with Crippen molar-refractivity contribution < 1.29 is 0 Å². The molecule has 0 saturated carbocycles. The van der Waals surface area contributed by atoms with Gasteiger partial charge in [-0.25, -0.2) is 0 Å². The average Bonchev–Trinajstić information content (AvgIpc) is 2.17. The molecule has 2 saturated heterocycles. The van der Waals surface area contributed by atoms with Gasteiger partial charge in [-0.15, -0.1) is 0 Å². The molecule has 80 valence electrons. The minimum absolute atomic E-state index is 0.792. The molecule has 0 aromatic carbocycles. The first-order valence-corrected chi connectivity index (χ1v) is 5.76. The van der Waals surface area contributed by atoms with E-state index in [1.165, 1.54) is 26.2 Å². The van der Waals surface area contributed by atoms with E-state index in [0.717, 1.165) is 25.7 Å². The van der Waals surface area contributed by atoms with Crippen LogP contribution in [0.2, 0.25) is 0 Å². The fourth-order valence-corrected chi connectivity index (χ4v) is 2.24. The summed E-state index contributed by atoms with van der Waals surface area (Å²) in [6.07, 6.45) is 2.01. The van der Waals surface area contributed by atoms with Crippen LogP contribution in [0.15, 0.2) is 11.6 Å². The summed E-state index contributed by atoms with van der Waals surface area (Å²) < 4.78 is 0. The molecular weight excluding hydrogens is 198 g/mol. The Morgan fingerprint density at radius 1 is 1.29 bits per heavy atom. The lowest BCUT2D eigenvalue weighted by Gasteiger charge is -2.46. The third kappa shape index (κ3) is 2.48. The number of nitrogens with zero attached hydrogens (tertiary/aromatic N) is 2. The van der Waals surface area contributed by atoms with E-state index in [9.17, 15) is 0 Å². The number of piperazine rings is 1. The Balaban J connectivity index is 1.66. The number of hydrogen-bond donors (Lipinski definition) is 1. The highest BCUT2D eigenvalue weighted by molar-refractivity contribution is 6.25. The monoisotopic (exact) mass is 215 g/mol. The van der Waals surface area contributed by atoms with Gasteiger partial charge >= 0.3 is 0 Å². The molecule has 2 aliphatic rings. The second-order valence-corrected chi connectivity index (χ2v) is 4.27. The van der Waals surface area contributed by atoms with Crippen molar-refractivity contribution in [3.8, 4) is 0 Å². The predicted molar refractivity (Wildman–Crippen MR) is 59.7 cm³/mol. The van der Waals surface area contributed by atoms with Gasteiger partial charge in [0.2, 0.25) is 0 Å². The summed E-state index contributed by atoms with van der Waals surface area (Å²) in [6, 6.07) is 0.792. The Kier molecular flexibility index (Phi) is 3.81. The summed E-state index contributed by atoms with van der Waals surface area (Å²) in [5.74, 6) is 0. The molecule has 2 rings (SSSR count). The molecule has 0 amide bonds. The molecule has 0 aromatic rings. The SMILES string of the molecule is ClC=CCN1CC(N2CCNCC2)C1. The van der Waals surface area contributed by atoms with Gasteiger partial charge < -0.3 is 5.32 Å². The molecule has 0 unspecified atom stereocenters. The van der Waals surface area contributed by atoms with Crippen LogP contribution in [-0.4, -0.2) is 61.7 Å². The van der Waals surface area contributed by atoms with Crippen molar-refractivity contribution in [1.29, 1.82) is 0 Å². The highest BCUT2D eigenvalue weighted by Crippen LogP contribution is 2.14. The number of rotatable bonds is 3. The molecule has 3 nitrogen and oxygen atoms in total. The van der Waals surface area contributed by atoms with Gasteiger partial charge in [0.05, 0.1) is 0 Å². The molecule has 1 N–H and O–H groups in total. The van der Waals surface area contributed by atoms with Crippen LogP contribution in [-0.2, 0) is 0 Å². The Hall–Kier alpha value is -0.0900. The predicted octanol–water partition coefficient (Wildman–Crippen LogP) is 0.328. The molecular formula is C10H18ClN3. The average molecular weight is 216 g/mol. The molecule has 2 heterocycles. The molecule has 0 bridgehead atoms. The van der Waals surface area contributed by atoms with E-state index in [0.29, 0.717) is 0 Å². The first-order chi connectivity index (χ1) is 6.90. The second kappa shape index (κ2) is 5.12. The van der Waals surface area contributed by atoms with Crippen molar-refractivity contribution in [2.75, 3.05) is 45.8 Å². The highest BCUT2D eigenvalue weighted by Gasteiger charge is 2.31. The molecule has 0 aromatic heterocycles. The largest absolute Gasteiger partial charge is 0.314 e. The highest BCUT2D eigenvalue weighted by atomic mass is 35.5.